The molecule has 1 saturated carbocycles. The molecule has 2 atom stereocenters. The summed E-state index contributed by atoms with van der Waals surface area (Å²) in [5.41, 5.74) is 10.9. The molecule has 0 bridgehead atoms. The van der Waals surface area contributed by atoms with Crippen LogP contribution in [0.3, 0.4) is 0 Å². The quantitative estimate of drug-likeness (QED) is 0.310. The maximum Gasteiger partial charge on any atom is 0.324 e. The predicted octanol–water partition coefficient (Wildman–Crippen LogP) is 5.91. The van der Waals surface area contributed by atoms with E-state index in [2.05, 4.69) is 24.3 Å². The van der Waals surface area contributed by atoms with E-state index in [4.69, 9.17) is 10.5 Å². The summed E-state index contributed by atoms with van der Waals surface area (Å²) in [5, 5.41) is 10.2. The average molecular weight is 518 g/mol. The third-order valence-electron chi connectivity index (χ3n) is 8.83. The fraction of sp³-hybridized carbons (Fsp3) is 0.235. The molecule has 5 nitrogen and oxygen atoms in total. The van der Waals surface area contributed by atoms with Crippen LogP contribution in [0.1, 0.15) is 47.4 Å². The minimum Gasteiger partial charge on any atom is -0.480 e. The molecule has 0 saturated heterocycles. The largest absolute Gasteiger partial charge is 0.480 e. The van der Waals surface area contributed by atoms with Gasteiger partial charge in [-0.1, -0.05) is 109 Å². The number of hydrogen-bond donors (Lipinski definition) is 2. The summed E-state index contributed by atoms with van der Waals surface area (Å²) < 4.78 is 6.01. The summed E-state index contributed by atoms with van der Waals surface area (Å²) in [4.78, 5) is 26.4. The van der Waals surface area contributed by atoms with Crippen molar-refractivity contribution in [3.63, 3.8) is 0 Å². The number of benzene rings is 4. The first-order valence-electron chi connectivity index (χ1n) is 13.4. The predicted molar refractivity (Wildman–Crippen MR) is 150 cm³/mol. The number of rotatable bonds is 6. The van der Waals surface area contributed by atoms with Crippen LogP contribution in [-0.2, 0) is 19.7 Å². The number of aliphatic carboxylic acids is 1. The van der Waals surface area contributed by atoms with Gasteiger partial charge < -0.3 is 15.6 Å². The SMILES string of the molecule is NC1(C(=O)O)CCC(c2ccccc2)(c2ccccc2)CC1C(=O)OCC1c2ccccc2-c2ccccc21. The van der Waals surface area contributed by atoms with E-state index in [1.807, 2.05) is 84.9 Å². The van der Waals surface area contributed by atoms with Gasteiger partial charge in [-0.15, -0.1) is 0 Å². The highest BCUT2D eigenvalue weighted by molar-refractivity contribution is 5.88. The van der Waals surface area contributed by atoms with Crippen LogP contribution < -0.4 is 5.73 Å². The van der Waals surface area contributed by atoms with Gasteiger partial charge in [0.15, 0.2) is 0 Å². The van der Waals surface area contributed by atoms with Gasteiger partial charge in [0.25, 0.3) is 0 Å². The second-order valence-corrected chi connectivity index (χ2v) is 10.8. The van der Waals surface area contributed by atoms with Crippen molar-refractivity contribution in [1.82, 2.24) is 0 Å². The van der Waals surface area contributed by atoms with E-state index < -0.39 is 28.8 Å². The molecule has 39 heavy (non-hydrogen) atoms. The summed E-state index contributed by atoms with van der Waals surface area (Å²) in [6, 6.07) is 36.3. The first-order chi connectivity index (χ1) is 18.9. The Balaban J connectivity index is 1.34. The van der Waals surface area contributed by atoms with Gasteiger partial charge in [0.05, 0.1) is 5.92 Å². The fourth-order valence-electron chi connectivity index (χ4n) is 6.69. The smallest absolute Gasteiger partial charge is 0.324 e. The second-order valence-electron chi connectivity index (χ2n) is 10.8. The summed E-state index contributed by atoms with van der Waals surface area (Å²) in [7, 11) is 0. The highest BCUT2D eigenvalue weighted by Crippen LogP contribution is 2.50. The molecule has 3 N–H and O–H groups in total. The molecular weight excluding hydrogens is 486 g/mol. The first-order valence-corrected chi connectivity index (χ1v) is 13.4. The number of fused-ring (bicyclic) bond motifs is 3. The van der Waals surface area contributed by atoms with Gasteiger partial charge in [0.1, 0.15) is 12.1 Å². The Kier molecular flexibility index (Phi) is 6.32. The zero-order chi connectivity index (χ0) is 27.0. The topological polar surface area (TPSA) is 89.6 Å². The zero-order valence-corrected chi connectivity index (χ0v) is 21.6. The lowest BCUT2D eigenvalue weighted by molar-refractivity contribution is -0.163. The molecule has 0 heterocycles. The number of hydrogen-bond acceptors (Lipinski definition) is 4. The molecule has 0 aromatic heterocycles. The van der Waals surface area contributed by atoms with E-state index in [1.54, 1.807) is 0 Å². The molecule has 0 spiro atoms. The van der Waals surface area contributed by atoms with E-state index in [9.17, 15) is 14.7 Å². The van der Waals surface area contributed by atoms with Gasteiger partial charge >= 0.3 is 11.9 Å². The van der Waals surface area contributed by atoms with E-state index in [1.165, 1.54) is 0 Å². The van der Waals surface area contributed by atoms with Crippen molar-refractivity contribution in [2.75, 3.05) is 6.61 Å². The summed E-state index contributed by atoms with van der Waals surface area (Å²) in [6.45, 7) is 0.128. The molecule has 0 aliphatic heterocycles. The lowest BCUT2D eigenvalue weighted by Gasteiger charge is -2.47. The Bertz CT molecular complexity index is 1430. The second kappa shape index (κ2) is 9.83. The average Bonchev–Trinajstić information content (AvgIpc) is 3.30. The normalized spacial score (nSPS) is 21.5. The van der Waals surface area contributed by atoms with Crippen molar-refractivity contribution in [1.29, 1.82) is 0 Å². The van der Waals surface area contributed by atoms with Gasteiger partial charge in [-0.25, -0.2) is 0 Å². The third-order valence-corrected chi connectivity index (χ3v) is 8.83. The third kappa shape index (κ3) is 4.14. The van der Waals surface area contributed by atoms with Crippen LogP contribution in [0.4, 0.5) is 0 Å². The number of ether oxygens (including phenoxy) is 1. The molecule has 4 aromatic rings. The molecule has 1 fully saturated rings. The van der Waals surface area contributed by atoms with Gasteiger partial charge in [-0.2, -0.15) is 0 Å². The van der Waals surface area contributed by atoms with Crippen molar-refractivity contribution >= 4 is 11.9 Å². The van der Waals surface area contributed by atoms with Crippen LogP contribution >= 0.6 is 0 Å². The van der Waals surface area contributed by atoms with Crippen molar-refractivity contribution in [2.45, 2.75) is 36.1 Å². The lowest BCUT2D eigenvalue weighted by Crippen LogP contribution is -2.62. The monoisotopic (exact) mass is 517 g/mol. The van der Waals surface area contributed by atoms with Crippen LogP contribution in [-0.4, -0.2) is 29.2 Å². The van der Waals surface area contributed by atoms with Crippen molar-refractivity contribution in [2.24, 2.45) is 11.7 Å². The maximum atomic E-state index is 13.9. The summed E-state index contributed by atoms with van der Waals surface area (Å²) >= 11 is 0. The van der Waals surface area contributed by atoms with Crippen LogP contribution in [0, 0.1) is 5.92 Å². The Morgan fingerprint density at radius 3 is 1.74 bits per heavy atom. The van der Waals surface area contributed by atoms with Crippen LogP contribution in [0.15, 0.2) is 109 Å². The van der Waals surface area contributed by atoms with E-state index >= 15 is 0 Å². The number of carbonyl (C=O) groups is 2. The molecule has 5 heteroatoms. The van der Waals surface area contributed by atoms with Crippen molar-refractivity contribution in [3.05, 3.63) is 131 Å². The summed E-state index contributed by atoms with van der Waals surface area (Å²) in [5.74, 6) is -2.86. The Labute approximate surface area is 228 Å². The number of carboxylic acids is 1. The standard InChI is InChI=1S/C34H31NO4/c35-34(32(37)38)20-19-33(23-11-3-1-4-12-23,24-13-5-2-6-14-24)21-30(34)31(36)39-22-29-27-17-9-7-15-25(27)26-16-8-10-18-28(26)29/h1-18,29-30H,19-22,35H2,(H,37,38). The van der Waals surface area contributed by atoms with Crippen molar-refractivity contribution < 1.29 is 19.4 Å². The highest BCUT2D eigenvalue weighted by Gasteiger charge is 2.56. The highest BCUT2D eigenvalue weighted by atomic mass is 16.5. The molecule has 0 radical (unpaired) electrons. The maximum absolute atomic E-state index is 13.9. The zero-order valence-electron chi connectivity index (χ0n) is 21.6. The molecule has 2 aliphatic rings. The van der Waals surface area contributed by atoms with Crippen LogP contribution in [0.25, 0.3) is 11.1 Å². The molecule has 4 aromatic carbocycles. The minimum atomic E-state index is -1.71. The Morgan fingerprint density at radius 2 is 1.23 bits per heavy atom. The van der Waals surface area contributed by atoms with Crippen molar-refractivity contribution in [3.8, 4) is 11.1 Å². The molecule has 2 aliphatic carbocycles. The van der Waals surface area contributed by atoms with E-state index in [0.717, 1.165) is 33.4 Å². The number of esters is 1. The molecule has 0 amide bonds. The minimum absolute atomic E-state index is 0.116. The van der Waals surface area contributed by atoms with E-state index in [-0.39, 0.29) is 25.4 Å². The van der Waals surface area contributed by atoms with Gasteiger partial charge in [0.2, 0.25) is 0 Å². The van der Waals surface area contributed by atoms with E-state index in [0.29, 0.717) is 6.42 Å². The van der Waals surface area contributed by atoms with Crippen LogP contribution in [0.5, 0.6) is 0 Å². The van der Waals surface area contributed by atoms with Crippen LogP contribution in [0.2, 0.25) is 0 Å². The fourth-order valence-corrected chi connectivity index (χ4v) is 6.69. The summed E-state index contributed by atoms with van der Waals surface area (Å²) in [6.07, 6.45) is 0.915. The number of carboxylic acid groups (broad SMARTS) is 1. The molecular formula is C34H31NO4. The Morgan fingerprint density at radius 1 is 0.744 bits per heavy atom. The molecule has 2 unspecified atom stereocenters. The molecule has 196 valence electrons. The molecule has 6 rings (SSSR count). The number of carbonyl (C=O) groups excluding carboxylic acids is 1. The van der Waals surface area contributed by atoms with Gasteiger partial charge in [0, 0.05) is 11.3 Å². The van der Waals surface area contributed by atoms with Gasteiger partial charge in [-0.05, 0) is 52.6 Å². The lowest BCUT2D eigenvalue weighted by atomic mass is 9.57. The number of nitrogens with two attached hydrogens (primary N) is 1. The Hall–Kier alpha value is -4.22. The van der Waals surface area contributed by atoms with Gasteiger partial charge in [-0.3, -0.25) is 9.59 Å². The first kappa shape index (κ1) is 25.1.